The molecule has 0 aromatic carbocycles. The van der Waals surface area contributed by atoms with Crippen molar-refractivity contribution in [3.63, 3.8) is 0 Å². The summed E-state index contributed by atoms with van der Waals surface area (Å²) < 4.78 is 10.4. The van der Waals surface area contributed by atoms with Gasteiger partial charge in [0.15, 0.2) is 0 Å². The molecule has 17 heavy (non-hydrogen) atoms. The van der Waals surface area contributed by atoms with Crippen molar-refractivity contribution < 1.29 is 19.1 Å². The molecular weight excluding hydrogens is 222 g/mol. The fourth-order valence-corrected chi connectivity index (χ4v) is 1.73. The maximum Gasteiger partial charge on any atom is 0.407 e. The lowest BCUT2D eigenvalue weighted by molar-refractivity contribution is -0.124. The molecule has 1 saturated heterocycles. The summed E-state index contributed by atoms with van der Waals surface area (Å²) in [6.45, 7) is 8.06. The number of alkyl carbamates (subject to hydrolysis) is 1. The Hall–Kier alpha value is -1.10. The smallest absolute Gasteiger partial charge is 0.407 e. The van der Waals surface area contributed by atoms with E-state index in [2.05, 4.69) is 5.32 Å². The predicted molar refractivity (Wildman–Crippen MR) is 62.8 cm³/mol. The van der Waals surface area contributed by atoms with Crippen LogP contribution in [0, 0.1) is 5.41 Å². The lowest BCUT2D eigenvalue weighted by Crippen LogP contribution is -2.53. The first-order chi connectivity index (χ1) is 7.77. The van der Waals surface area contributed by atoms with Crippen molar-refractivity contribution in [2.45, 2.75) is 45.8 Å². The Balaban J connectivity index is 2.60. The van der Waals surface area contributed by atoms with Gasteiger partial charge in [-0.2, -0.15) is 0 Å². The second kappa shape index (κ2) is 5.04. The molecule has 5 nitrogen and oxygen atoms in total. The first-order valence-corrected chi connectivity index (χ1v) is 5.80. The number of ether oxygens (including phenoxy) is 2. The van der Waals surface area contributed by atoms with E-state index in [-0.39, 0.29) is 6.04 Å². The Kier molecular flexibility index (Phi) is 4.14. The Labute approximate surface area is 102 Å². The number of aldehydes is 1. The van der Waals surface area contributed by atoms with Gasteiger partial charge in [-0.15, -0.1) is 0 Å². The van der Waals surface area contributed by atoms with Crippen LogP contribution in [0.15, 0.2) is 0 Å². The predicted octanol–water partition coefficient (Wildman–Crippen LogP) is 1.51. The van der Waals surface area contributed by atoms with Crippen molar-refractivity contribution in [3.05, 3.63) is 0 Å². The lowest BCUT2D eigenvalue weighted by atomic mass is 9.81. The van der Waals surface area contributed by atoms with Crippen molar-refractivity contribution in [1.29, 1.82) is 0 Å². The van der Waals surface area contributed by atoms with Gasteiger partial charge in [0.05, 0.1) is 12.0 Å². The van der Waals surface area contributed by atoms with Crippen LogP contribution in [0.25, 0.3) is 0 Å². The van der Waals surface area contributed by atoms with Crippen LogP contribution >= 0.6 is 0 Å². The largest absolute Gasteiger partial charge is 0.444 e. The summed E-state index contributed by atoms with van der Waals surface area (Å²) in [6, 6.07) is -0.233. The van der Waals surface area contributed by atoms with Crippen molar-refractivity contribution in [1.82, 2.24) is 5.32 Å². The molecule has 2 atom stereocenters. The molecule has 5 heteroatoms. The summed E-state index contributed by atoms with van der Waals surface area (Å²) in [5, 5.41) is 2.74. The number of hydrogen-bond acceptors (Lipinski definition) is 4. The van der Waals surface area contributed by atoms with Crippen LogP contribution in [-0.4, -0.2) is 37.2 Å². The van der Waals surface area contributed by atoms with E-state index in [1.807, 2.05) is 0 Å². The molecular formula is C12H21NO4. The number of hydrogen-bond donors (Lipinski definition) is 1. The maximum atomic E-state index is 11.6. The van der Waals surface area contributed by atoms with Crippen molar-refractivity contribution >= 4 is 12.4 Å². The zero-order valence-corrected chi connectivity index (χ0v) is 10.9. The number of carbonyl (C=O) groups is 2. The van der Waals surface area contributed by atoms with Crippen LogP contribution < -0.4 is 5.32 Å². The van der Waals surface area contributed by atoms with Crippen LogP contribution in [0.5, 0.6) is 0 Å². The quantitative estimate of drug-likeness (QED) is 0.746. The van der Waals surface area contributed by atoms with Crippen molar-refractivity contribution in [3.8, 4) is 0 Å². The van der Waals surface area contributed by atoms with E-state index >= 15 is 0 Å². The third-order valence-corrected chi connectivity index (χ3v) is 2.72. The minimum atomic E-state index is -0.671. The molecule has 0 radical (unpaired) electrons. The summed E-state index contributed by atoms with van der Waals surface area (Å²) in [5.41, 5.74) is -1.21. The number of carbonyl (C=O) groups excluding carboxylic acids is 2. The molecule has 0 saturated carbocycles. The molecule has 1 N–H and O–H groups in total. The van der Waals surface area contributed by atoms with Crippen LogP contribution in [0.3, 0.4) is 0 Å². The highest BCUT2D eigenvalue weighted by Crippen LogP contribution is 2.26. The molecule has 1 rings (SSSR count). The van der Waals surface area contributed by atoms with E-state index in [9.17, 15) is 9.59 Å². The zero-order valence-electron chi connectivity index (χ0n) is 10.9. The second-order valence-corrected chi connectivity index (χ2v) is 5.66. The second-order valence-electron chi connectivity index (χ2n) is 5.66. The summed E-state index contributed by atoms with van der Waals surface area (Å²) in [7, 11) is 0. The molecule has 0 aromatic rings. The van der Waals surface area contributed by atoms with Crippen LogP contribution in [0.2, 0.25) is 0 Å². The average Bonchev–Trinajstić information content (AvgIpc) is 2.19. The van der Waals surface area contributed by atoms with Gasteiger partial charge < -0.3 is 19.6 Å². The number of nitrogens with one attached hydrogen (secondary N) is 1. The van der Waals surface area contributed by atoms with Crippen LogP contribution in [-0.2, 0) is 14.3 Å². The fourth-order valence-electron chi connectivity index (χ4n) is 1.73. The van der Waals surface area contributed by atoms with Gasteiger partial charge >= 0.3 is 6.09 Å². The van der Waals surface area contributed by atoms with Gasteiger partial charge in [-0.1, -0.05) is 0 Å². The monoisotopic (exact) mass is 243 g/mol. The van der Waals surface area contributed by atoms with E-state index in [0.717, 1.165) is 6.29 Å². The number of rotatable bonds is 2. The molecule has 0 bridgehead atoms. The van der Waals surface area contributed by atoms with Gasteiger partial charge in [0, 0.05) is 12.6 Å². The van der Waals surface area contributed by atoms with Crippen molar-refractivity contribution in [2.24, 2.45) is 5.41 Å². The first kappa shape index (κ1) is 14.0. The molecule has 1 fully saturated rings. The third kappa shape index (κ3) is 4.00. The van der Waals surface area contributed by atoms with Gasteiger partial charge in [0.1, 0.15) is 11.9 Å². The summed E-state index contributed by atoms with van der Waals surface area (Å²) in [4.78, 5) is 22.7. The minimum absolute atomic E-state index is 0.233. The molecule has 1 heterocycles. The highest BCUT2D eigenvalue weighted by atomic mass is 16.6. The molecule has 0 unspecified atom stereocenters. The van der Waals surface area contributed by atoms with Crippen LogP contribution in [0.1, 0.15) is 34.1 Å². The molecule has 0 aromatic heterocycles. The Morgan fingerprint density at radius 1 is 1.53 bits per heavy atom. The van der Waals surface area contributed by atoms with Gasteiger partial charge in [0.25, 0.3) is 0 Å². The average molecular weight is 243 g/mol. The van der Waals surface area contributed by atoms with E-state index in [1.54, 1.807) is 27.7 Å². The van der Waals surface area contributed by atoms with Gasteiger partial charge in [-0.3, -0.25) is 0 Å². The molecule has 1 aliphatic heterocycles. The first-order valence-electron chi connectivity index (χ1n) is 5.80. The maximum absolute atomic E-state index is 11.6. The summed E-state index contributed by atoms with van der Waals surface area (Å²) >= 11 is 0. The Morgan fingerprint density at radius 3 is 2.71 bits per heavy atom. The molecule has 98 valence electrons. The summed E-state index contributed by atoms with van der Waals surface area (Å²) in [6.07, 6.45) is 0.973. The van der Waals surface area contributed by atoms with Crippen molar-refractivity contribution in [2.75, 3.05) is 13.2 Å². The highest BCUT2D eigenvalue weighted by Gasteiger charge is 2.39. The van der Waals surface area contributed by atoms with Crippen LogP contribution in [0.4, 0.5) is 4.79 Å². The minimum Gasteiger partial charge on any atom is -0.444 e. The normalized spacial score (nSPS) is 29.5. The fraction of sp³-hybridized carbons (Fsp3) is 0.833. The van der Waals surface area contributed by atoms with E-state index in [0.29, 0.717) is 19.6 Å². The lowest BCUT2D eigenvalue weighted by Gasteiger charge is -2.37. The standard InChI is InChI=1S/C12H21NO4/c1-11(2,3)17-10(15)13-9-5-6-16-8-12(9,4)7-14/h7,9H,5-6,8H2,1-4H3,(H,13,15)/t9-,12-/m1/s1. The highest BCUT2D eigenvalue weighted by molar-refractivity contribution is 5.70. The molecule has 1 amide bonds. The topological polar surface area (TPSA) is 64.6 Å². The number of amides is 1. The Bertz CT molecular complexity index is 297. The molecule has 1 aliphatic rings. The van der Waals surface area contributed by atoms with E-state index in [4.69, 9.17) is 9.47 Å². The van der Waals surface area contributed by atoms with E-state index in [1.165, 1.54) is 0 Å². The van der Waals surface area contributed by atoms with Gasteiger partial charge in [0.2, 0.25) is 0 Å². The third-order valence-electron chi connectivity index (χ3n) is 2.72. The van der Waals surface area contributed by atoms with Gasteiger partial charge in [-0.25, -0.2) is 4.79 Å². The van der Waals surface area contributed by atoms with Gasteiger partial charge in [-0.05, 0) is 34.1 Å². The zero-order chi connectivity index (χ0) is 13.1. The SMILES string of the molecule is CC(C)(C)OC(=O)N[C@@H]1CCOC[C@@]1(C)C=O. The molecule has 0 aliphatic carbocycles. The van der Waals surface area contributed by atoms with E-state index < -0.39 is 17.1 Å². The summed E-state index contributed by atoms with van der Waals surface area (Å²) in [5.74, 6) is 0. The molecule has 0 spiro atoms. The Morgan fingerprint density at radius 2 is 2.18 bits per heavy atom.